The third-order valence-corrected chi connectivity index (χ3v) is 2.91. The van der Waals surface area contributed by atoms with Crippen LogP contribution < -0.4 is 11.1 Å². The van der Waals surface area contributed by atoms with Crippen molar-refractivity contribution in [2.75, 3.05) is 0 Å². The van der Waals surface area contributed by atoms with Crippen LogP contribution in [-0.2, 0) is 4.79 Å². The third kappa shape index (κ3) is 4.45. The van der Waals surface area contributed by atoms with E-state index in [-0.39, 0.29) is 17.8 Å². The van der Waals surface area contributed by atoms with Crippen molar-refractivity contribution in [3.8, 4) is 0 Å². The van der Waals surface area contributed by atoms with E-state index < -0.39 is 6.04 Å². The number of hydrogen-bond acceptors (Lipinski definition) is 2. The summed E-state index contributed by atoms with van der Waals surface area (Å²) in [5.74, 6) is -0.482. The number of benzene rings is 1. The van der Waals surface area contributed by atoms with Crippen LogP contribution in [-0.4, -0.2) is 11.9 Å². The molecule has 0 saturated carbocycles. The van der Waals surface area contributed by atoms with Gasteiger partial charge in [-0.25, -0.2) is 4.39 Å². The van der Waals surface area contributed by atoms with E-state index in [0.29, 0.717) is 6.42 Å². The Labute approximate surface area is 108 Å². The summed E-state index contributed by atoms with van der Waals surface area (Å²) in [4.78, 5) is 11.8. The average Bonchev–Trinajstić information content (AvgIpc) is 2.35. The second kappa shape index (κ2) is 7.11. The molecule has 0 radical (unpaired) electrons. The van der Waals surface area contributed by atoms with Crippen molar-refractivity contribution >= 4 is 5.91 Å². The molecule has 0 spiro atoms. The van der Waals surface area contributed by atoms with E-state index in [0.717, 1.165) is 18.4 Å². The lowest BCUT2D eigenvalue weighted by Gasteiger charge is -2.17. The van der Waals surface area contributed by atoms with Crippen LogP contribution in [0.4, 0.5) is 4.39 Å². The fourth-order valence-corrected chi connectivity index (χ4v) is 1.73. The lowest BCUT2D eigenvalue weighted by molar-refractivity contribution is -0.123. The highest BCUT2D eigenvalue weighted by Gasteiger charge is 2.16. The Balaban J connectivity index is 2.54. The average molecular weight is 252 g/mol. The zero-order chi connectivity index (χ0) is 13.5. The quantitative estimate of drug-likeness (QED) is 0.817. The maximum Gasteiger partial charge on any atom is 0.237 e. The zero-order valence-corrected chi connectivity index (χ0v) is 10.9. The molecule has 0 aromatic heterocycles. The summed E-state index contributed by atoms with van der Waals surface area (Å²) >= 11 is 0. The summed E-state index contributed by atoms with van der Waals surface area (Å²) in [6, 6.07) is 5.49. The topological polar surface area (TPSA) is 55.1 Å². The molecule has 0 heterocycles. The van der Waals surface area contributed by atoms with Gasteiger partial charge in [-0.15, -0.1) is 0 Å². The zero-order valence-electron chi connectivity index (χ0n) is 10.9. The Morgan fingerprint density at radius 2 is 2.22 bits per heavy atom. The van der Waals surface area contributed by atoms with Gasteiger partial charge < -0.3 is 11.1 Å². The Kier molecular flexibility index (Phi) is 5.78. The molecule has 2 atom stereocenters. The summed E-state index contributed by atoms with van der Waals surface area (Å²) in [7, 11) is 0. The summed E-state index contributed by atoms with van der Waals surface area (Å²) in [6.07, 6.45) is 2.63. The number of carbonyl (C=O) groups excluding carboxylic acids is 1. The van der Waals surface area contributed by atoms with Gasteiger partial charge >= 0.3 is 0 Å². The first kappa shape index (κ1) is 14.6. The van der Waals surface area contributed by atoms with Crippen molar-refractivity contribution in [2.45, 2.75) is 45.2 Å². The van der Waals surface area contributed by atoms with Gasteiger partial charge in [-0.05, 0) is 31.0 Å². The molecule has 18 heavy (non-hydrogen) atoms. The van der Waals surface area contributed by atoms with Crippen LogP contribution in [0.25, 0.3) is 0 Å². The number of amides is 1. The molecule has 1 amide bonds. The van der Waals surface area contributed by atoms with Crippen molar-refractivity contribution in [3.63, 3.8) is 0 Å². The highest BCUT2D eigenvalue weighted by atomic mass is 19.1. The molecule has 0 aliphatic heterocycles. The van der Waals surface area contributed by atoms with Crippen molar-refractivity contribution in [2.24, 2.45) is 5.73 Å². The molecule has 100 valence electrons. The minimum atomic E-state index is -0.485. The fourth-order valence-electron chi connectivity index (χ4n) is 1.73. The van der Waals surface area contributed by atoms with Crippen molar-refractivity contribution in [1.29, 1.82) is 0 Å². The molecule has 1 rings (SSSR count). The lowest BCUT2D eigenvalue weighted by Crippen LogP contribution is -2.41. The van der Waals surface area contributed by atoms with Crippen molar-refractivity contribution < 1.29 is 9.18 Å². The summed E-state index contributed by atoms with van der Waals surface area (Å²) < 4.78 is 13.1. The predicted octanol–water partition coefficient (Wildman–Crippen LogP) is 2.52. The van der Waals surface area contributed by atoms with E-state index in [1.54, 1.807) is 12.1 Å². The van der Waals surface area contributed by atoms with Gasteiger partial charge in [-0.3, -0.25) is 4.79 Å². The molecule has 2 unspecified atom stereocenters. The second-order valence-electron chi connectivity index (χ2n) is 4.53. The second-order valence-corrected chi connectivity index (χ2v) is 4.53. The van der Waals surface area contributed by atoms with E-state index in [9.17, 15) is 9.18 Å². The summed E-state index contributed by atoms with van der Waals surface area (Å²) in [6.45, 7) is 3.87. The highest BCUT2D eigenvalue weighted by molar-refractivity contribution is 5.81. The minimum Gasteiger partial charge on any atom is -0.348 e. The molecule has 0 bridgehead atoms. The van der Waals surface area contributed by atoms with Crippen LogP contribution in [0.2, 0.25) is 0 Å². The van der Waals surface area contributed by atoms with Gasteiger partial charge in [0.2, 0.25) is 5.91 Å². The summed E-state index contributed by atoms with van der Waals surface area (Å²) in [5, 5.41) is 2.80. The number of nitrogens with two attached hydrogens (primary N) is 1. The molecule has 3 nitrogen and oxygen atoms in total. The van der Waals surface area contributed by atoms with Crippen LogP contribution in [0.3, 0.4) is 0 Å². The van der Waals surface area contributed by atoms with Gasteiger partial charge in [0, 0.05) is 0 Å². The standard InChI is InChI=1S/C14H21FN2O/c1-3-4-8-13(16)14(18)17-10(2)11-6-5-7-12(15)9-11/h5-7,9-10,13H,3-4,8,16H2,1-2H3,(H,17,18). The third-order valence-electron chi connectivity index (χ3n) is 2.91. The maximum absolute atomic E-state index is 13.1. The molecule has 4 heteroatoms. The van der Waals surface area contributed by atoms with Crippen molar-refractivity contribution in [3.05, 3.63) is 35.6 Å². The highest BCUT2D eigenvalue weighted by Crippen LogP contribution is 2.13. The van der Waals surface area contributed by atoms with Gasteiger partial charge in [0.1, 0.15) is 5.82 Å². The molecule has 3 N–H and O–H groups in total. The molecule has 0 aliphatic carbocycles. The molecule has 0 fully saturated rings. The van der Waals surface area contributed by atoms with E-state index in [1.807, 2.05) is 6.92 Å². The summed E-state index contributed by atoms with van der Waals surface area (Å²) in [5.41, 5.74) is 6.52. The fraction of sp³-hybridized carbons (Fsp3) is 0.500. The first-order chi connectivity index (χ1) is 8.54. The smallest absolute Gasteiger partial charge is 0.237 e. The molecule has 1 aromatic rings. The largest absolute Gasteiger partial charge is 0.348 e. The first-order valence-corrected chi connectivity index (χ1v) is 6.36. The Morgan fingerprint density at radius 1 is 1.50 bits per heavy atom. The monoisotopic (exact) mass is 252 g/mol. The van der Waals surface area contributed by atoms with E-state index in [1.165, 1.54) is 12.1 Å². The minimum absolute atomic E-state index is 0.180. The first-order valence-electron chi connectivity index (χ1n) is 6.36. The van der Waals surface area contributed by atoms with Crippen LogP contribution in [0.15, 0.2) is 24.3 Å². The lowest BCUT2D eigenvalue weighted by atomic mass is 10.1. The molecule has 1 aromatic carbocycles. The Hall–Kier alpha value is -1.42. The molecule has 0 saturated heterocycles. The van der Waals surface area contributed by atoms with Gasteiger partial charge in [0.25, 0.3) is 0 Å². The maximum atomic E-state index is 13.1. The Morgan fingerprint density at radius 3 is 2.83 bits per heavy atom. The number of rotatable bonds is 6. The number of nitrogens with one attached hydrogen (secondary N) is 1. The van der Waals surface area contributed by atoms with E-state index in [4.69, 9.17) is 5.73 Å². The normalized spacial score (nSPS) is 14.0. The van der Waals surface area contributed by atoms with Gasteiger partial charge in [-0.2, -0.15) is 0 Å². The SMILES string of the molecule is CCCCC(N)C(=O)NC(C)c1cccc(F)c1. The molecule has 0 aliphatic rings. The number of unbranched alkanes of at least 4 members (excludes halogenated alkanes) is 1. The predicted molar refractivity (Wildman–Crippen MR) is 70.5 cm³/mol. The number of hydrogen-bond donors (Lipinski definition) is 2. The van der Waals surface area contributed by atoms with Crippen LogP contribution in [0, 0.1) is 5.82 Å². The molecular formula is C14H21FN2O. The van der Waals surface area contributed by atoms with E-state index in [2.05, 4.69) is 12.2 Å². The Bertz CT molecular complexity index is 395. The molecular weight excluding hydrogens is 231 g/mol. The van der Waals surface area contributed by atoms with Gasteiger partial charge in [0.05, 0.1) is 12.1 Å². The van der Waals surface area contributed by atoms with Crippen LogP contribution in [0.5, 0.6) is 0 Å². The van der Waals surface area contributed by atoms with Crippen LogP contribution >= 0.6 is 0 Å². The van der Waals surface area contributed by atoms with Crippen LogP contribution in [0.1, 0.15) is 44.7 Å². The van der Waals surface area contributed by atoms with Gasteiger partial charge in [-0.1, -0.05) is 31.9 Å². The number of carbonyl (C=O) groups is 1. The number of halogens is 1. The van der Waals surface area contributed by atoms with E-state index >= 15 is 0 Å². The van der Waals surface area contributed by atoms with Gasteiger partial charge in [0.15, 0.2) is 0 Å². The van der Waals surface area contributed by atoms with Crippen molar-refractivity contribution in [1.82, 2.24) is 5.32 Å².